The molecule has 0 atom stereocenters. The Morgan fingerprint density at radius 3 is 2.41 bits per heavy atom. The first-order valence-electron chi connectivity index (χ1n) is 10.9. The molecule has 1 aromatic rings. The van der Waals surface area contributed by atoms with Crippen LogP contribution >= 0.6 is 0 Å². The Balaban J connectivity index is 1.60. The fraction of sp³-hybridized carbons (Fsp3) is 0.682. The van der Waals surface area contributed by atoms with Crippen molar-refractivity contribution in [1.29, 1.82) is 0 Å². The van der Waals surface area contributed by atoms with Gasteiger partial charge >= 0.3 is 6.36 Å². The molecule has 6 nitrogen and oxygen atoms in total. The first-order valence-corrected chi connectivity index (χ1v) is 12.4. The maximum Gasteiger partial charge on any atom is 0.573 e. The number of nitrogens with two attached hydrogens (primary N) is 1. The third kappa shape index (κ3) is 5.57. The fourth-order valence-corrected chi connectivity index (χ4v) is 6.46. The standard InChI is InChI=1S/C22H31F3N2O4S/c1-20(2,32(29,30)18-8-6-7-17(13-18)31-22(23,24)25)15-11-16(12-15)27-19(28)14-21(26)9-4-3-5-10-21/h6-8,13,15-16H,3-5,9-12,14,26H2,1-2H3,(H,27,28). The van der Waals surface area contributed by atoms with Crippen LogP contribution in [0.25, 0.3) is 0 Å². The summed E-state index contributed by atoms with van der Waals surface area (Å²) in [5.41, 5.74) is 5.88. The molecule has 2 aliphatic carbocycles. The molecule has 0 unspecified atom stereocenters. The normalized spacial score (nSPS) is 23.8. The summed E-state index contributed by atoms with van der Waals surface area (Å²) < 4.78 is 66.5. The van der Waals surface area contributed by atoms with E-state index in [1.54, 1.807) is 13.8 Å². The second-order valence-corrected chi connectivity index (χ2v) is 12.2. The molecule has 0 aliphatic heterocycles. The van der Waals surface area contributed by atoms with Crippen molar-refractivity contribution in [2.24, 2.45) is 11.7 Å². The lowest BCUT2D eigenvalue weighted by molar-refractivity contribution is -0.274. The monoisotopic (exact) mass is 476 g/mol. The molecule has 3 N–H and O–H groups in total. The van der Waals surface area contributed by atoms with Gasteiger partial charge in [-0.25, -0.2) is 8.42 Å². The predicted octanol–water partition coefficient (Wildman–Crippen LogP) is 4.08. The van der Waals surface area contributed by atoms with Gasteiger partial charge in [-0.2, -0.15) is 0 Å². The summed E-state index contributed by atoms with van der Waals surface area (Å²) in [6.45, 7) is 3.14. The summed E-state index contributed by atoms with van der Waals surface area (Å²) in [5.74, 6) is -0.937. The molecule has 0 spiro atoms. The molecular weight excluding hydrogens is 445 g/mol. The summed E-state index contributed by atoms with van der Waals surface area (Å²) in [6, 6.07) is 4.32. The van der Waals surface area contributed by atoms with Gasteiger partial charge < -0.3 is 15.8 Å². The highest BCUT2D eigenvalue weighted by Gasteiger charge is 2.49. The molecule has 0 heterocycles. The van der Waals surface area contributed by atoms with Crippen LogP contribution in [0.4, 0.5) is 13.2 Å². The Kier molecular flexibility index (Phi) is 6.87. The summed E-state index contributed by atoms with van der Waals surface area (Å²) >= 11 is 0. The average molecular weight is 477 g/mol. The van der Waals surface area contributed by atoms with Crippen molar-refractivity contribution in [1.82, 2.24) is 5.32 Å². The Hall–Kier alpha value is -1.81. The van der Waals surface area contributed by atoms with E-state index in [2.05, 4.69) is 10.1 Å². The molecule has 1 amide bonds. The maximum atomic E-state index is 13.2. The van der Waals surface area contributed by atoms with Gasteiger partial charge in [0, 0.05) is 18.0 Å². The molecule has 0 radical (unpaired) electrons. The van der Waals surface area contributed by atoms with E-state index in [0.29, 0.717) is 12.8 Å². The van der Waals surface area contributed by atoms with Gasteiger partial charge in [-0.05, 0) is 63.6 Å². The summed E-state index contributed by atoms with van der Waals surface area (Å²) in [5, 5.41) is 2.96. The Morgan fingerprint density at radius 2 is 1.81 bits per heavy atom. The Labute approximate surface area is 187 Å². The van der Waals surface area contributed by atoms with Crippen molar-refractivity contribution in [3.8, 4) is 5.75 Å². The molecule has 10 heteroatoms. The summed E-state index contributed by atoms with van der Waals surface area (Å²) in [4.78, 5) is 12.2. The van der Waals surface area contributed by atoms with E-state index in [4.69, 9.17) is 5.73 Å². The van der Waals surface area contributed by atoms with Gasteiger partial charge in [-0.3, -0.25) is 4.79 Å². The average Bonchev–Trinajstić information content (AvgIpc) is 2.63. The fourth-order valence-electron chi connectivity index (χ4n) is 4.70. The molecule has 2 fully saturated rings. The number of amides is 1. The minimum absolute atomic E-state index is 0.115. The first-order chi connectivity index (χ1) is 14.7. The lowest BCUT2D eigenvalue weighted by atomic mass is 9.73. The highest BCUT2D eigenvalue weighted by atomic mass is 32.2. The van der Waals surface area contributed by atoms with Crippen LogP contribution < -0.4 is 15.8 Å². The van der Waals surface area contributed by atoms with E-state index in [9.17, 15) is 26.4 Å². The van der Waals surface area contributed by atoms with Gasteiger partial charge in [0.15, 0.2) is 9.84 Å². The number of halogens is 3. The number of rotatable bonds is 7. The molecule has 2 saturated carbocycles. The molecule has 180 valence electrons. The first kappa shape index (κ1) is 24.8. The van der Waals surface area contributed by atoms with Crippen LogP contribution in [0.15, 0.2) is 29.2 Å². The molecule has 32 heavy (non-hydrogen) atoms. The highest BCUT2D eigenvalue weighted by molar-refractivity contribution is 7.92. The third-order valence-electron chi connectivity index (χ3n) is 6.89. The van der Waals surface area contributed by atoms with Crippen molar-refractivity contribution in [3.63, 3.8) is 0 Å². The zero-order chi connectivity index (χ0) is 23.8. The minimum atomic E-state index is -4.91. The van der Waals surface area contributed by atoms with Crippen molar-refractivity contribution in [2.75, 3.05) is 0 Å². The van der Waals surface area contributed by atoms with Crippen molar-refractivity contribution >= 4 is 15.7 Å². The quantitative estimate of drug-likeness (QED) is 0.618. The SMILES string of the molecule is CC(C)(C1CC(NC(=O)CC2(N)CCCCC2)C1)S(=O)(=O)c1cccc(OC(F)(F)F)c1. The predicted molar refractivity (Wildman–Crippen MR) is 114 cm³/mol. The van der Waals surface area contributed by atoms with Gasteiger partial charge in [0.25, 0.3) is 0 Å². The van der Waals surface area contributed by atoms with E-state index >= 15 is 0 Å². The number of hydrogen-bond donors (Lipinski definition) is 2. The third-order valence-corrected chi connectivity index (χ3v) is 9.48. The summed E-state index contributed by atoms with van der Waals surface area (Å²) in [6.07, 6.45) is 1.17. The number of carbonyl (C=O) groups excluding carboxylic acids is 1. The summed E-state index contributed by atoms with van der Waals surface area (Å²) in [7, 11) is -3.94. The van der Waals surface area contributed by atoms with Crippen LogP contribution in [0.5, 0.6) is 5.75 Å². The van der Waals surface area contributed by atoms with Crippen LogP contribution in [-0.2, 0) is 14.6 Å². The molecule has 0 bridgehead atoms. The van der Waals surface area contributed by atoms with E-state index in [1.165, 1.54) is 12.1 Å². The van der Waals surface area contributed by atoms with Gasteiger partial charge in [-0.15, -0.1) is 13.2 Å². The maximum absolute atomic E-state index is 13.2. The number of nitrogens with one attached hydrogen (secondary N) is 1. The smallest absolute Gasteiger partial charge is 0.406 e. The van der Waals surface area contributed by atoms with Crippen molar-refractivity contribution in [3.05, 3.63) is 24.3 Å². The van der Waals surface area contributed by atoms with Crippen LogP contribution in [0.3, 0.4) is 0 Å². The van der Waals surface area contributed by atoms with Gasteiger partial charge in [0.2, 0.25) is 5.91 Å². The van der Waals surface area contributed by atoms with Crippen LogP contribution in [0, 0.1) is 5.92 Å². The van der Waals surface area contributed by atoms with E-state index in [0.717, 1.165) is 44.2 Å². The topological polar surface area (TPSA) is 98.5 Å². The lowest BCUT2D eigenvalue weighted by Gasteiger charge is -2.45. The van der Waals surface area contributed by atoms with E-state index in [-0.39, 0.29) is 29.2 Å². The van der Waals surface area contributed by atoms with Crippen molar-refractivity contribution in [2.45, 2.75) is 92.8 Å². The number of benzene rings is 1. The van der Waals surface area contributed by atoms with Crippen LogP contribution in [0.2, 0.25) is 0 Å². The molecule has 2 aliphatic rings. The van der Waals surface area contributed by atoms with Crippen LogP contribution in [-0.4, -0.2) is 37.0 Å². The number of hydrogen-bond acceptors (Lipinski definition) is 5. The minimum Gasteiger partial charge on any atom is -0.406 e. The molecule has 1 aromatic carbocycles. The van der Waals surface area contributed by atoms with E-state index in [1.807, 2.05) is 0 Å². The van der Waals surface area contributed by atoms with Crippen molar-refractivity contribution < 1.29 is 31.1 Å². The number of ether oxygens (including phenoxy) is 1. The Bertz CT molecular complexity index is 935. The van der Waals surface area contributed by atoms with Gasteiger partial charge in [0.05, 0.1) is 9.64 Å². The number of sulfone groups is 1. The second kappa shape index (κ2) is 8.85. The molecule has 0 saturated heterocycles. The molecule has 3 rings (SSSR count). The number of alkyl halides is 3. The zero-order valence-electron chi connectivity index (χ0n) is 18.4. The highest BCUT2D eigenvalue weighted by Crippen LogP contribution is 2.44. The Morgan fingerprint density at radius 1 is 1.19 bits per heavy atom. The van der Waals surface area contributed by atoms with E-state index < -0.39 is 32.2 Å². The molecular formula is C22H31F3N2O4S. The second-order valence-electron chi connectivity index (χ2n) is 9.66. The number of carbonyl (C=O) groups is 1. The van der Waals surface area contributed by atoms with Gasteiger partial charge in [-0.1, -0.05) is 25.3 Å². The van der Waals surface area contributed by atoms with Gasteiger partial charge in [0.1, 0.15) is 5.75 Å². The largest absolute Gasteiger partial charge is 0.573 e. The lowest BCUT2D eigenvalue weighted by Crippen LogP contribution is -2.55. The molecule has 0 aromatic heterocycles. The van der Waals surface area contributed by atoms with Crippen LogP contribution in [0.1, 0.15) is 65.2 Å². The zero-order valence-corrected chi connectivity index (χ0v) is 19.2.